The van der Waals surface area contributed by atoms with Gasteiger partial charge < -0.3 is 10.6 Å². The summed E-state index contributed by atoms with van der Waals surface area (Å²) in [5, 5.41) is 0. The molecule has 0 aromatic carbocycles. The molecule has 0 amide bonds. The van der Waals surface area contributed by atoms with Crippen molar-refractivity contribution in [2.45, 2.75) is 75.5 Å². The van der Waals surface area contributed by atoms with Crippen LogP contribution in [0, 0.1) is 0 Å². The maximum Gasteiger partial charge on any atom is 0.0113 e. The lowest BCUT2D eigenvalue weighted by atomic mass is 9.96. The van der Waals surface area contributed by atoms with Gasteiger partial charge in [-0.2, -0.15) is 0 Å². The highest BCUT2D eigenvalue weighted by Crippen LogP contribution is 2.35. The first-order valence-corrected chi connectivity index (χ1v) is 7.95. The molecule has 3 fully saturated rings. The Hall–Kier alpha value is -0.120. The highest BCUT2D eigenvalue weighted by Gasteiger charge is 2.39. The molecule has 3 heterocycles. The van der Waals surface area contributed by atoms with Crippen LogP contribution in [-0.2, 0) is 0 Å². The van der Waals surface area contributed by atoms with Crippen LogP contribution in [-0.4, -0.2) is 54.1 Å². The third-order valence-electron chi connectivity index (χ3n) is 5.56. The van der Waals surface area contributed by atoms with Gasteiger partial charge in [0.05, 0.1) is 0 Å². The number of nitrogens with two attached hydrogens (primary N) is 1. The first-order valence-electron chi connectivity index (χ1n) is 7.95. The van der Waals surface area contributed by atoms with E-state index in [1.54, 1.807) is 0 Å². The minimum absolute atomic E-state index is 0.483. The van der Waals surface area contributed by atoms with Crippen LogP contribution in [0.2, 0.25) is 0 Å². The summed E-state index contributed by atoms with van der Waals surface area (Å²) in [6, 6.07) is 2.95. The Bertz CT molecular complexity index is 267. The Balaban J connectivity index is 1.51. The second kappa shape index (κ2) is 5.48. The number of hydrogen-bond donors (Lipinski definition) is 1. The van der Waals surface area contributed by atoms with Crippen molar-refractivity contribution in [3.63, 3.8) is 0 Å². The quantitative estimate of drug-likeness (QED) is 0.830. The number of hydrogen-bond acceptors (Lipinski definition) is 3. The van der Waals surface area contributed by atoms with Crippen molar-refractivity contribution < 1.29 is 0 Å². The summed E-state index contributed by atoms with van der Waals surface area (Å²) >= 11 is 0. The summed E-state index contributed by atoms with van der Waals surface area (Å²) in [5.74, 6) is 0. The van der Waals surface area contributed by atoms with Gasteiger partial charge >= 0.3 is 0 Å². The molecule has 3 unspecified atom stereocenters. The third-order valence-corrected chi connectivity index (χ3v) is 5.56. The molecule has 0 radical (unpaired) electrons. The van der Waals surface area contributed by atoms with Gasteiger partial charge in [0.2, 0.25) is 0 Å². The molecule has 3 nitrogen and oxygen atoms in total. The molecule has 0 aromatic heterocycles. The first kappa shape index (κ1) is 12.9. The molecule has 18 heavy (non-hydrogen) atoms. The van der Waals surface area contributed by atoms with Crippen molar-refractivity contribution >= 4 is 0 Å². The molecule has 0 spiro atoms. The lowest BCUT2D eigenvalue weighted by molar-refractivity contribution is 0.0996. The Kier molecular flexibility index (Phi) is 3.92. The molecule has 2 N–H and O–H groups in total. The molecule has 3 heteroatoms. The maximum atomic E-state index is 6.14. The van der Waals surface area contributed by atoms with Gasteiger partial charge in [0.25, 0.3) is 0 Å². The molecule has 0 aromatic rings. The van der Waals surface area contributed by atoms with Crippen molar-refractivity contribution in [2.24, 2.45) is 5.73 Å². The van der Waals surface area contributed by atoms with Gasteiger partial charge in [-0.25, -0.2) is 0 Å². The van der Waals surface area contributed by atoms with Gasteiger partial charge in [-0.15, -0.1) is 0 Å². The molecule has 3 aliphatic heterocycles. The number of rotatable bonds is 3. The van der Waals surface area contributed by atoms with E-state index in [0.29, 0.717) is 6.04 Å². The van der Waals surface area contributed by atoms with Gasteiger partial charge in [0.15, 0.2) is 0 Å². The Morgan fingerprint density at radius 3 is 2.44 bits per heavy atom. The van der Waals surface area contributed by atoms with E-state index in [1.807, 2.05) is 0 Å². The van der Waals surface area contributed by atoms with Crippen molar-refractivity contribution in [1.82, 2.24) is 9.80 Å². The smallest absolute Gasteiger partial charge is 0.0113 e. The van der Waals surface area contributed by atoms with E-state index in [2.05, 4.69) is 16.8 Å². The van der Waals surface area contributed by atoms with Crippen LogP contribution < -0.4 is 5.73 Å². The summed E-state index contributed by atoms with van der Waals surface area (Å²) in [5.41, 5.74) is 6.14. The second-order valence-corrected chi connectivity index (χ2v) is 6.77. The number of piperidine rings is 2. The van der Waals surface area contributed by atoms with Gasteiger partial charge in [-0.1, -0.05) is 6.42 Å². The van der Waals surface area contributed by atoms with E-state index in [0.717, 1.165) is 18.1 Å². The van der Waals surface area contributed by atoms with Crippen LogP contribution in [0.15, 0.2) is 0 Å². The van der Waals surface area contributed by atoms with Crippen LogP contribution in [0.3, 0.4) is 0 Å². The number of likely N-dealkylation sites (tertiary alicyclic amines) is 1. The maximum absolute atomic E-state index is 6.14. The Morgan fingerprint density at radius 2 is 1.78 bits per heavy atom. The predicted octanol–water partition coefficient (Wildman–Crippen LogP) is 1.81. The first-order chi connectivity index (χ1) is 8.74. The molecular weight excluding hydrogens is 222 g/mol. The zero-order chi connectivity index (χ0) is 12.5. The molecular formula is C15H29N3. The minimum Gasteiger partial charge on any atom is -0.328 e. The van der Waals surface area contributed by atoms with E-state index in [4.69, 9.17) is 5.73 Å². The largest absolute Gasteiger partial charge is 0.328 e. The number of nitrogens with zero attached hydrogens (tertiary/aromatic N) is 2. The van der Waals surface area contributed by atoms with Crippen LogP contribution in [0.1, 0.15) is 51.4 Å². The monoisotopic (exact) mass is 251 g/mol. The fourth-order valence-electron chi connectivity index (χ4n) is 4.49. The van der Waals surface area contributed by atoms with Crippen LogP contribution in [0.25, 0.3) is 0 Å². The lowest BCUT2D eigenvalue weighted by Gasteiger charge is -2.40. The van der Waals surface area contributed by atoms with Crippen molar-refractivity contribution in [3.8, 4) is 0 Å². The molecule has 3 aliphatic rings. The van der Waals surface area contributed by atoms with Crippen molar-refractivity contribution in [1.29, 1.82) is 0 Å². The van der Waals surface area contributed by atoms with E-state index in [1.165, 1.54) is 64.5 Å². The van der Waals surface area contributed by atoms with Gasteiger partial charge in [-0.05, 0) is 58.5 Å². The molecule has 3 saturated heterocycles. The summed E-state index contributed by atoms with van der Waals surface area (Å²) in [4.78, 5) is 5.38. The van der Waals surface area contributed by atoms with Gasteiger partial charge in [0.1, 0.15) is 0 Å². The second-order valence-electron chi connectivity index (χ2n) is 6.77. The Labute approximate surface area is 112 Å². The van der Waals surface area contributed by atoms with E-state index >= 15 is 0 Å². The third kappa shape index (κ3) is 2.59. The normalized spacial score (nSPS) is 42.3. The standard InChI is InChI=1S/C15H29N3/c1-17-8-3-2-4-13(17)7-9-18-14-5-6-15(18)11-12(16)10-14/h12-15H,2-11,16H2,1H3. The van der Waals surface area contributed by atoms with Crippen molar-refractivity contribution in [2.75, 3.05) is 20.1 Å². The minimum atomic E-state index is 0.483. The van der Waals surface area contributed by atoms with Crippen LogP contribution in [0.5, 0.6) is 0 Å². The highest BCUT2D eigenvalue weighted by molar-refractivity contribution is 4.96. The summed E-state index contributed by atoms with van der Waals surface area (Å²) in [7, 11) is 2.31. The zero-order valence-electron chi connectivity index (χ0n) is 11.9. The summed E-state index contributed by atoms with van der Waals surface area (Å²) in [6.07, 6.45) is 10.9. The van der Waals surface area contributed by atoms with Crippen LogP contribution in [0.4, 0.5) is 0 Å². The fourth-order valence-corrected chi connectivity index (χ4v) is 4.49. The predicted molar refractivity (Wildman–Crippen MR) is 75.6 cm³/mol. The molecule has 2 bridgehead atoms. The molecule has 104 valence electrons. The number of fused-ring (bicyclic) bond motifs is 2. The summed E-state index contributed by atoms with van der Waals surface area (Å²) in [6.45, 7) is 2.62. The molecule has 0 aliphatic carbocycles. The topological polar surface area (TPSA) is 32.5 Å². The van der Waals surface area contributed by atoms with Crippen molar-refractivity contribution in [3.05, 3.63) is 0 Å². The molecule has 3 rings (SSSR count). The van der Waals surface area contributed by atoms with E-state index < -0.39 is 0 Å². The van der Waals surface area contributed by atoms with E-state index in [9.17, 15) is 0 Å². The fraction of sp³-hybridized carbons (Fsp3) is 1.00. The van der Waals surface area contributed by atoms with Crippen LogP contribution >= 0.6 is 0 Å². The SMILES string of the molecule is CN1CCCCC1CCN1C2CCC1CC(N)C2. The van der Waals surface area contributed by atoms with E-state index in [-0.39, 0.29) is 0 Å². The molecule has 0 saturated carbocycles. The summed E-state index contributed by atoms with van der Waals surface area (Å²) < 4.78 is 0. The average Bonchev–Trinajstić information content (AvgIpc) is 2.60. The zero-order valence-corrected chi connectivity index (χ0v) is 11.9. The average molecular weight is 251 g/mol. The lowest BCUT2D eigenvalue weighted by Crippen LogP contribution is -2.49. The Morgan fingerprint density at radius 1 is 1.06 bits per heavy atom. The highest BCUT2D eigenvalue weighted by atomic mass is 15.2. The van der Waals surface area contributed by atoms with Gasteiger partial charge in [0, 0.05) is 30.7 Å². The molecule has 3 atom stereocenters. The van der Waals surface area contributed by atoms with Gasteiger partial charge in [-0.3, -0.25) is 4.90 Å².